The normalized spacial score (nSPS) is 15.8. The first-order valence-electron chi connectivity index (χ1n) is 7.21. The molecule has 106 valence electrons. The zero-order valence-electron chi connectivity index (χ0n) is 12.0. The molecular formula is C14H24N4O. The Hall–Kier alpha value is -1.36. The van der Waals surface area contributed by atoms with E-state index in [9.17, 15) is 4.79 Å². The molecule has 0 bridgehead atoms. The van der Waals surface area contributed by atoms with Crippen molar-refractivity contribution in [2.24, 2.45) is 7.05 Å². The highest BCUT2D eigenvalue weighted by Gasteiger charge is 2.15. The Labute approximate surface area is 115 Å². The summed E-state index contributed by atoms with van der Waals surface area (Å²) in [6.45, 7) is 5.06. The Bertz CT molecular complexity index is 421. The van der Waals surface area contributed by atoms with Gasteiger partial charge in [0.1, 0.15) is 0 Å². The molecular weight excluding hydrogens is 240 g/mol. The molecule has 0 aliphatic carbocycles. The van der Waals surface area contributed by atoms with Crippen molar-refractivity contribution in [1.82, 2.24) is 20.0 Å². The second-order valence-corrected chi connectivity index (χ2v) is 5.15. The highest BCUT2D eigenvalue weighted by molar-refractivity contribution is 5.78. The summed E-state index contributed by atoms with van der Waals surface area (Å²) in [5.74, 6) is 0.220. The minimum absolute atomic E-state index is 0.220. The van der Waals surface area contributed by atoms with E-state index in [0.29, 0.717) is 13.1 Å². The van der Waals surface area contributed by atoms with Crippen LogP contribution in [0.4, 0.5) is 0 Å². The van der Waals surface area contributed by atoms with Gasteiger partial charge in [0.15, 0.2) is 0 Å². The molecule has 1 aliphatic heterocycles. The van der Waals surface area contributed by atoms with E-state index in [1.807, 2.05) is 16.6 Å². The van der Waals surface area contributed by atoms with Gasteiger partial charge < -0.3 is 10.2 Å². The third-order valence-electron chi connectivity index (χ3n) is 3.68. The summed E-state index contributed by atoms with van der Waals surface area (Å²) in [4.78, 5) is 13.9. The lowest BCUT2D eigenvalue weighted by molar-refractivity contribution is -0.131. The molecule has 2 rings (SSSR count). The van der Waals surface area contributed by atoms with Crippen LogP contribution in [0.25, 0.3) is 0 Å². The van der Waals surface area contributed by atoms with Crippen LogP contribution in [0, 0.1) is 0 Å². The van der Waals surface area contributed by atoms with E-state index in [-0.39, 0.29) is 5.91 Å². The van der Waals surface area contributed by atoms with Gasteiger partial charge in [0.2, 0.25) is 5.91 Å². The average Bonchev–Trinajstić information content (AvgIpc) is 2.80. The Morgan fingerprint density at radius 3 is 2.74 bits per heavy atom. The summed E-state index contributed by atoms with van der Waals surface area (Å²) in [6.07, 6.45) is 4.49. The summed E-state index contributed by atoms with van der Waals surface area (Å²) in [7, 11) is 1.95. The van der Waals surface area contributed by atoms with E-state index in [2.05, 4.69) is 23.4 Å². The fourth-order valence-electron chi connectivity index (χ4n) is 2.46. The molecule has 0 spiro atoms. The summed E-state index contributed by atoms with van der Waals surface area (Å²) >= 11 is 0. The van der Waals surface area contributed by atoms with Gasteiger partial charge in [0.05, 0.1) is 17.9 Å². The molecule has 1 amide bonds. The predicted octanol–water partition coefficient (Wildman–Crippen LogP) is 1.08. The number of nitrogens with zero attached hydrogens (tertiary/aromatic N) is 3. The number of carbonyl (C=O) groups excluding carboxylic acids is 1. The number of likely N-dealkylation sites (tertiary alicyclic amines) is 1. The highest BCUT2D eigenvalue weighted by atomic mass is 16.2. The van der Waals surface area contributed by atoms with Gasteiger partial charge in [-0.25, -0.2) is 0 Å². The molecule has 1 fully saturated rings. The summed E-state index contributed by atoms with van der Waals surface area (Å²) < 4.78 is 1.89. The first-order valence-corrected chi connectivity index (χ1v) is 7.21. The standard InChI is InChI=1S/C14H24N4O/c1-3-12-9-13(17(2)16-12)10-15-11-14(19)18-7-5-4-6-8-18/h9,15H,3-8,10-11H2,1-2H3. The Morgan fingerprint density at radius 1 is 1.37 bits per heavy atom. The molecule has 0 unspecified atom stereocenters. The molecule has 5 nitrogen and oxygen atoms in total. The summed E-state index contributed by atoms with van der Waals surface area (Å²) in [6, 6.07) is 2.10. The smallest absolute Gasteiger partial charge is 0.236 e. The molecule has 0 atom stereocenters. The number of carbonyl (C=O) groups is 1. The number of piperidine rings is 1. The minimum Gasteiger partial charge on any atom is -0.342 e. The van der Waals surface area contributed by atoms with E-state index in [1.54, 1.807) is 0 Å². The Balaban J connectivity index is 1.76. The molecule has 2 heterocycles. The molecule has 5 heteroatoms. The zero-order chi connectivity index (χ0) is 13.7. The number of aromatic nitrogens is 2. The Kier molecular flexibility index (Phi) is 4.96. The quantitative estimate of drug-likeness (QED) is 0.866. The van der Waals surface area contributed by atoms with Crippen molar-refractivity contribution in [3.63, 3.8) is 0 Å². The second kappa shape index (κ2) is 6.70. The van der Waals surface area contributed by atoms with Gasteiger partial charge in [-0.3, -0.25) is 9.48 Å². The largest absolute Gasteiger partial charge is 0.342 e. The molecule has 19 heavy (non-hydrogen) atoms. The van der Waals surface area contributed by atoms with Crippen LogP contribution in [0.2, 0.25) is 0 Å². The van der Waals surface area contributed by atoms with Crippen molar-refractivity contribution in [1.29, 1.82) is 0 Å². The zero-order valence-corrected chi connectivity index (χ0v) is 12.0. The van der Waals surface area contributed by atoms with Crippen molar-refractivity contribution >= 4 is 5.91 Å². The predicted molar refractivity (Wildman–Crippen MR) is 74.7 cm³/mol. The van der Waals surface area contributed by atoms with Crippen molar-refractivity contribution in [3.8, 4) is 0 Å². The maximum Gasteiger partial charge on any atom is 0.236 e. The van der Waals surface area contributed by atoms with Crippen molar-refractivity contribution in [2.75, 3.05) is 19.6 Å². The number of hydrogen-bond donors (Lipinski definition) is 1. The highest BCUT2D eigenvalue weighted by Crippen LogP contribution is 2.08. The molecule has 1 aromatic heterocycles. The summed E-state index contributed by atoms with van der Waals surface area (Å²) in [5, 5.41) is 7.62. The van der Waals surface area contributed by atoms with Gasteiger partial charge in [0, 0.05) is 26.7 Å². The third-order valence-corrected chi connectivity index (χ3v) is 3.68. The number of aryl methyl sites for hydroxylation is 2. The van der Waals surface area contributed by atoms with Gasteiger partial charge in [-0.05, 0) is 31.7 Å². The van der Waals surface area contributed by atoms with Gasteiger partial charge in [-0.1, -0.05) is 6.92 Å². The third kappa shape index (κ3) is 3.80. The summed E-state index contributed by atoms with van der Waals surface area (Å²) in [5.41, 5.74) is 2.23. The fourth-order valence-corrected chi connectivity index (χ4v) is 2.46. The van der Waals surface area contributed by atoms with Crippen LogP contribution in [-0.2, 0) is 24.8 Å². The molecule has 1 aliphatic rings. The molecule has 0 aromatic carbocycles. The number of rotatable bonds is 5. The first kappa shape index (κ1) is 14.1. The lowest BCUT2D eigenvalue weighted by atomic mass is 10.1. The van der Waals surface area contributed by atoms with Gasteiger partial charge in [-0.15, -0.1) is 0 Å². The lowest BCUT2D eigenvalue weighted by Crippen LogP contribution is -2.41. The number of nitrogens with one attached hydrogen (secondary N) is 1. The molecule has 1 N–H and O–H groups in total. The van der Waals surface area contributed by atoms with E-state index in [1.165, 1.54) is 6.42 Å². The molecule has 1 aromatic rings. The molecule has 0 saturated carbocycles. The van der Waals surface area contributed by atoms with Crippen molar-refractivity contribution in [3.05, 3.63) is 17.5 Å². The van der Waals surface area contributed by atoms with Gasteiger partial charge in [-0.2, -0.15) is 5.10 Å². The lowest BCUT2D eigenvalue weighted by Gasteiger charge is -2.26. The van der Waals surface area contributed by atoms with Crippen LogP contribution in [-0.4, -0.2) is 40.2 Å². The van der Waals surface area contributed by atoms with E-state index in [0.717, 1.165) is 43.7 Å². The number of hydrogen-bond acceptors (Lipinski definition) is 3. The first-order chi connectivity index (χ1) is 9.20. The molecule has 0 radical (unpaired) electrons. The van der Waals surface area contributed by atoms with Crippen LogP contribution in [0.15, 0.2) is 6.07 Å². The maximum atomic E-state index is 12.0. The van der Waals surface area contributed by atoms with Crippen LogP contribution >= 0.6 is 0 Å². The van der Waals surface area contributed by atoms with Crippen molar-refractivity contribution in [2.45, 2.75) is 39.2 Å². The van der Waals surface area contributed by atoms with Crippen LogP contribution in [0.1, 0.15) is 37.6 Å². The van der Waals surface area contributed by atoms with Gasteiger partial charge in [0.25, 0.3) is 0 Å². The van der Waals surface area contributed by atoms with E-state index < -0.39 is 0 Å². The van der Waals surface area contributed by atoms with E-state index >= 15 is 0 Å². The molecule has 1 saturated heterocycles. The van der Waals surface area contributed by atoms with Crippen LogP contribution in [0.3, 0.4) is 0 Å². The Morgan fingerprint density at radius 2 is 2.11 bits per heavy atom. The SMILES string of the molecule is CCc1cc(CNCC(=O)N2CCCCC2)n(C)n1. The van der Waals surface area contributed by atoms with Crippen molar-refractivity contribution < 1.29 is 4.79 Å². The topological polar surface area (TPSA) is 50.2 Å². The van der Waals surface area contributed by atoms with Crippen LogP contribution < -0.4 is 5.32 Å². The minimum atomic E-state index is 0.220. The maximum absolute atomic E-state index is 12.0. The van der Waals surface area contributed by atoms with Crippen LogP contribution in [0.5, 0.6) is 0 Å². The second-order valence-electron chi connectivity index (χ2n) is 5.15. The van der Waals surface area contributed by atoms with Gasteiger partial charge >= 0.3 is 0 Å². The number of amides is 1. The fraction of sp³-hybridized carbons (Fsp3) is 0.714. The van der Waals surface area contributed by atoms with E-state index in [4.69, 9.17) is 0 Å². The monoisotopic (exact) mass is 264 g/mol. The average molecular weight is 264 g/mol.